The molecule has 1 aromatic carbocycles. The summed E-state index contributed by atoms with van der Waals surface area (Å²) in [5, 5.41) is 0. The Hall–Kier alpha value is -1.20. The normalized spacial score (nSPS) is 21.7. The van der Waals surface area contributed by atoms with Crippen molar-refractivity contribution in [3.63, 3.8) is 0 Å². The number of rotatable bonds is 7. The van der Waals surface area contributed by atoms with Gasteiger partial charge in [0.15, 0.2) is 5.78 Å². The molecule has 0 radical (unpaired) electrons. The molecule has 1 aromatic rings. The van der Waals surface area contributed by atoms with Crippen LogP contribution in [0.25, 0.3) is 0 Å². The first-order valence-electron chi connectivity index (χ1n) is 7.13. The van der Waals surface area contributed by atoms with E-state index in [9.17, 15) is 13.2 Å². The Kier molecular flexibility index (Phi) is 4.60. The third-order valence-electron chi connectivity index (χ3n) is 3.68. The Morgan fingerprint density at radius 3 is 2.75 bits per heavy atom. The summed E-state index contributed by atoms with van der Waals surface area (Å²) >= 11 is 0. The van der Waals surface area contributed by atoms with Crippen LogP contribution in [0.4, 0.5) is 0 Å². The largest absolute Gasteiger partial charge is 0.294 e. The standard InChI is InChI=1S/C15H21NO3S/c1-3-6-11-10-14(11)16-20(18,19)13-8-5-7-12(9-13)15(17)4-2/h5,7-9,11,14,16H,3-4,6,10H2,1-2H3. The molecule has 1 saturated carbocycles. The average molecular weight is 295 g/mol. The van der Waals surface area contributed by atoms with E-state index >= 15 is 0 Å². The second kappa shape index (κ2) is 6.06. The van der Waals surface area contributed by atoms with Gasteiger partial charge < -0.3 is 0 Å². The van der Waals surface area contributed by atoms with Crippen molar-refractivity contribution in [2.75, 3.05) is 0 Å². The summed E-state index contributed by atoms with van der Waals surface area (Å²) in [7, 11) is -3.51. The highest BCUT2D eigenvalue weighted by atomic mass is 32.2. The van der Waals surface area contributed by atoms with Gasteiger partial charge in [0, 0.05) is 18.0 Å². The van der Waals surface area contributed by atoms with Crippen molar-refractivity contribution in [3.8, 4) is 0 Å². The average Bonchev–Trinajstić information content (AvgIpc) is 3.15. The van der Waals surface area contributed by atoms with Gasteiger partial charge >= 0.3 is 0 Å². The van der Waals surface area contributed by atoms with E-state index in [0.717, 1.165) is 19.3 Å². The maximum atomic E-state index is 12.3. The molecule has 0 bridgehead atoms. The molecule has 0 saturated heterocycles. The van der Waals surface area contributed by atoms with Crippen LogP contribution in [0.1, 0.15) is 49.9 Å². The summed E-state index contributed by atoms with van der Waals surface area (Å²) in [5.41, 5.74) is 0.455. The lowest BCUT2D eigenvalue weighted by atomic mass is 10.1. The zero-order valence-electron chi connectivity index (χ0n) is 11.9. The number of nitrogens with one attached hydrogen (secondary N) is 1. The van der Waals surface area contributed by atoms with Gasteiger partial charge in [0.05, 0.1) is 4.90 Å². The van der Waals surface area contributed by atoms with Crippen LogP contribution in [0, 0.1) is 5.92 Å². The zero-order valence-corrected chi connectivity index (χ0v) is 12.7. The number of hydrogen-bond acceptors (Lipinski definition) is 3. The van der Waals surface area contributed by atoms with E-state index in [1.807, 2.05) is 0 Å². The first-order valence-corrected chi connectivity index (χ1v) is 8.61. The summed E-state index contributed by atoms with van der Waals surface area (Å²) in [6.45, 7) is 3.87. The Morgan fingerprint density at radius 2 is 2.10 bits per heavy atom. The third-order valence-corrected chi connectivity index (χ3v) is 5.16. The summed E-state index contributed by atoms with van der Waals surface area (Å²) in [5.74, 6) is 0.424. The SMILES string of the molecule is CCCC1CC1NS(=O)(=O)c1cccc(C(=O)CC)c1. The molecule has 0 amide bonds. The van der Waals surface area contributed by atoms with E-state index in [1.165, 1.54) is 12.1 Å². The highest BCUT2D eigenvalue weighted by molar-refractivity contribution is 7.89. The van der Waals surface area contributed by atoms with Crippen LogP contribution >= 0.6 is 0 Å². The number of sulfonamides is 1. The first kappa shape index (κ1) is 15.2. The van der Waals surface area contributed by atoms with E-state index in [2.05, 4.69) is 11.6 Å². The molecule has 2 rings (SSSR count). The Balaban J connectivity index is 2.12. The lowest BCUT2D eigenvalue weighted by Gasteiger charge is -2.07. The Morgan fingerprint density at radius 1 is 1.35 bits per heavy atom. The van der Waals surface area contributed by atoms with Crippen molar-refractivity contribution in [2.24, 2.45) is 5.92 Å². The van der Waals surface area contributed by atoms with Gasteiger partial charge in [0.25, 0.3) is 0 Å². The monoisotopic (exact) mass is 295 g/mol. The van der Waals surface area contributed by atoms with E-state index in [1.54, 1.807) is 19.1 Å². The summed E-state index contributed by atoms with van der Waals surface area (Å²) in [6, 6.07) is 6.33. The van der Waals surface area contributed by atoms with Gasteiger partial charge in [0.2, 0.25) is 10.0 Å². The van der Waals surface area contributed by atoms with E-state index < -0.39 is 10.0 Å². The number of Topliss-reactive ketones (excluding diaryl/α,β-unsaturated/α-hetero) is 1. The molecule has 0 aromatic heterocycles. The van der Waals surface area contributed by atoms with Crippen molar-refractivity contribution in [1.82, 2.24) is 4.72 Å². The minimum atomic E-state index is -3.51. The van der Waals surface area contributed by atoms with E-state index in [4.69, 9.17) is 0 Å². The summed E-state index contributed by atoms with van der Waals surface area (Å²) in [4.78, 5) is 11.8. The van der Waals surface area contributed by atoms with Gasteiger partial charge in [-0.05, 0) is 30.9 Å². The quantitative estimate of drug-likeness (QED) is 0.787. The fourth-order valence-electron chi connectivity index (χ4n) is 2.39. The molecule has 1 N–H and O–H groups in total. The van der Waals surface area contributed by atoms with E-state index in [-0.39, 0.29) is 16.7 Å². The summed E-state index contributed by atoms with van der Waals surface area (Å²) < 4.78 is 27.3. The topological polar surface area (TPSA) is 63.2 Å². The van der Waals surface area contributed by atoms with Crippen molar-refractivity contribution < 1.29 is 13.2 Å². The molecule has 4 nitrogen and oxygen atoms in total. The smallest absolute Gasteiger partial charge is 0.240 e. The fourth-order valence-corrected chi connectivity index (χ4v) is 3.75. The molecule has 5 heteroatoms. The highest BCUT2D eigenvalue weighted by Gasteiger charge is 2.39. The number of benzene rings is 1. The van der Waals surface area contributed by atoms with Gasteiger partial charge in [-0.1, -0.05) is 32.4 Å². The van der Waals surface area contributed by atoms with Crippen molar-refractivity contribution in [1.29, 1.82) is 0 Å². The summed E-state index contributed by atoms with van der Waals surface area (Å²) in [6.07, 6.45) is 3.42. The maximum absolute atomic E-state index is 12.3. The lowest BCUT2D eigenvalue weighted by molar-refractivity contribution is 0.0988. The van der Waals surface area contributed by atoms with E-state index in [0.29, 0.717) is 17.9 Å². The predicted octanol–water partition coefficient (Wildman–Crippen LogP) is 2.75. The molecule has 0 spiro atoms. The van der Waals surface area contributed by atoms with Crippen LogP contribution in [-0.2, 0) is 10.0 Å². The lowest BCUT2D eigenvalue weighted by Crippen LogP contribution is -2.27. The fraction of sp³-hybridized carbons (Fsp3) is 0.533. The highest BCUT2D eigenvalue weighted by Crippen LogP contribution is 2.35. The third kappa shape index (κ3) is 3.46. The zero-order chi connectivity index (χ0) is 14.8. The molecule has 1 aliphatic rings. The van der Waals surface area contributed by atoms with Crippen molar-refractivity contribution in [2.45, 2.75) is 50.5 Å². The number of carbonyl (C=O) groups excluding carboxylic acids is 1. The molecule has 0 aliphatic heterocycles. The van der Waals surface area contributed by atoms with Crippen LogP contribution in [0.2, 0.25) is 0 Å². The number of hydrogen-bond donors (Lipinski definition) is 1. The van der Waals surface area contributed by atoms with Crippen LogP contribution in [0.15, 0.2) is 29.2 Å². The van der Waals surface area contributed by atoms with Crippen molar-refractivity contribution in [3.05, 3.63) is 29.8 Å². The maximum Gasteiger partial charge on any atom is 0.240 e. The van der Waals surface area contributed by atoms with Crippen LogP contribution in [-0.4, -0.2) is 20.2 Å². The predicted molar refractivity (Wildman–Crippen MR) is 78.2 cm³/mol. The Labute approximate surface area is 120 Å². The first-order chi connectivity index (χ1) is 9.47. The van der Waals surface area contributed by atoms with Gasteiger partial charge in [-0.2, -0.15) is 0 Å². The van der Waals surface area contributed by atoms with Gasteiger partial charge in [-0.15, -0.1) is 0 Å². The molecule has 2 unspecified atom stereocenters. The minimum absolute atomic E-state index is 0.0441. The molecule has 1 fully saturated rings. The molecular weight excluding hydrogens is 274 g/mol. The molecule has 110 valence electrons. The molecule has 2 atom stereocenters. The van der Waals surface area contributed by atoms with Crippen LogP contribution in [0.5, 0.6) is 0 Å². The van der Waals surface area contributed by atoms with Crippen molar-refractivity contribution >= 4 is 15.8 Å². The minimum Gasteiger partial charge on any atom is -0.294 e. The van der Waals surface area contributed by atoms with Gasteiger partial charge in [0.1, 0.15) is 0 Å². The van der Waals surface area contributed by atoms with Crippen LogP contribution < -0.4 is 4.72 Å². The molecule has 0 heterocycles. The number of carbonyl (C=O) groups is 1. The number of ketones is 1. The Bertz CT molecular complexity index is 595. The molecule has 1 aliphatic carbocycles. The van der Waals surface area contributed by atoms with Gasteiger partial charge in [-0.25, -0.2) is 13.1 Å². The van der Waals surface area contributed by atoms with Gasteiger partial charge in [-0.3, -0.25) is 4.79 Å². The van der Waals surface area contributed by atoms with Crippen LogP contribution in [0.3, 0.4) is 0 Å². The molecule has 20 heavy (non-hydrogen) atoms. The molecular formula is C15H21NO3S. The second-order valence-corrected chi connectivity index (χ2v) is 7.03. The second-order valence-electron chi connectivity index (χ2n) is 5.32.